The van der Waals surface area contributed by atoms with Crippen LogP contribution < -0.4 is 34.7 Å². The molecule has 4 rings (SSSR count). The molecule has 1 saturated heterocycles. The molecular weight excluding hydrogens is 445 g/mol. The number of hydrogen-bond acceptors (Lipinski definition) is 6. The van der Waals surface area contributed by atoms with E-state index in [1.165, 1.54) is 13.8 Å². The Morgan fingerprint density at radius 1 is 0.971 bits per heavy atom. The van der Waals surface area contributed by atoms with Gasteiger partial charge in [0.05, 0.1) is 11.5 Å². The second-order valence-electron chi connectivity index (χ2n) is 9.02. The molecular formula is C26H28NNaO6. The topological polar surface area (TPSA) is 88.1 Å². The number of piperidine rings is 1. The van der Waals surface area contributed by atoms with Crippen LogP contribution in [0.5, 0.6) is 0 Å². The van der Waals surface area contributed by atoms with Crippen LogP contribution in [0, 0.1) is 5.41 Å². The Balaban J connectivity index is 0.00000324. The van der Waals surface area contributed by atoms with Crippen molar-refractivity contribution in [3.63, 3.8) is 0 Å². The average molecular weight is 474 g/mol. The number of carbonyl (C=O) groups is 2. The molecule has 1 fully saturated rings. The summed E-state index contributed by atoms with van der Waals surface area (Å²) in [6.07, 6.45) is 0.901. The summed E-state index contributed by atoms with van der Waals surface area (Å²) in [5.41, 5.74) is 1.15. The molecule has 0 radical (unpaired) electrons. The van der Waals surface area contributed by atoms with Crippen LogP contribution in [-0.4, -0.2) is 35.8 Å². The molecule has 174 valence electrons. The van der Waals surface area contributed by atoms with Gasteiger partial charge in [-0.3, -0.25) is 0 Å². The van der Waals surface area contributed by atoms with Crippen molar-refractivity contribution in [2.45, 2.75) is 45.5 Å². The first-order valence-corrected chi connectivity index (χ1v) is 11.1. The maximum atomic E-state index is 12.9. The number of likely N-dealkylation sites (tertiary alicyclic amines) is 1. The van der Waals surface area contributed by atoms with Gasteiger partial charge < -0.3 is 24.2 Å². The average Bonchev–Trinajstić information content (AvgIpc) is 2.78. The molecule has 0 unspecified atom stereocenters. The summed E-state index contributed by atoms with van der Waals surface area (Å²) < 4.78 is 16.3. The zero-order chi connectivity index (χ0) is 23.5. The molecule has 0 saturated carbocycles. The number of ether oxygens (including phenoxy) is 3. The molecule has 0 bridgehead atoms. The number of esters is 1. The third kappa shape index (κ3) is 5.95. The van der Waals surface area contributed by atoms with E-state index >= 15 is 0 Å². The van der Waals surface area contributed by atoms with E-state index in [1.54, 1.807) is 4.90 Å². The van der Waals surface area contributed by atoms with Crippen LogP contribution in [0.3, 0.4) is 0 Å². The fourth-order valence-electron chi connectivity index (χ4n) is 4.52. The normalized spacial score (nSPS) is 18.9. The summed E-state index contributed by atoms with van der Waals surface area (Å²) in [5, 5.41) is 12.9. The van der Waals surface area contributed by atoms with E-state index in [1.807, 2.05) is 60.7 Å². The number of cyclic esters (lactones) is 1. The fourth-order valence-corrected chi connectivity index (χ4v) is 4.52. The van der Waals surface area contributed by atoms with Crippen LogP contribution in [-0.2, 0) is 32.0 Å². The molecule has 0 aliphatic carbocycles. The molecule has 7 nitrogen and oxygen atoms in total. The van der Waals surface area contributed by atoms with Crippen molar-refractivity contribution in [2.75, 3.05) is 13.1 Å². The van der Waals surface area contributed by atoms with Gasteiger partial charge in [0.15, 0.2) is 5.79 Å². The van der Waals surface area contributed by atoms with E-state index < -0.39 is 29.2 Å². The standard InChI is InChI=1S/C26H29NO6.Na/c1-25(2)32-22(28)21(23(29)33-25)26(17-19-9-5-3-6-10-19)13-15-27(16-14-26)24(30)31-18-20-11-7-4-8-12-20;/h3-12,28H,13-18H2,1-2H3;/q;+1/p-1. The van der Waals surface area contributed by atoms with Gasteiger partial charge >= 0.3 is 41.6 Å². The molecule has 0 N–H and O–H groups in total. The Morgan fingerprint density at radius 2 is 1.53 bits per heavy atom. The van der Waals surface area contributed by atoms with Gasteiger partial charge in [-0.15, -0.1) is 0 Å². The number of hydrogen-bond donors (Lipinski definition) is 0. The van der Waals surface area contributed by atoms with Crippen molar-refractivity contribution in [3.8, 4) is 0 Å². The molecule has 1 amide bonds. The Hall–Kier alpha value is -2.48. The molecule has 8 heteroatoms. The van der Waals surface area contributed by atoms with E-state index in [2.05, 4.69) is 0 Å². The molecule has 2 heterocycles. The van der Waals surface area contributed by atoms with Gasteiger partial charge in [-0.05, 0) is 44.2 Å². The van der Waals surface area contributed by atoms with Crippen LogP contribution >= 0.6 is 0 Å². The zero-order valence-corrected chi connectivity index (χ0v) is 21.9. The van der Waals surface area contributed by atoms with Crippen LogP contribution in [0.15, 0.2) is 72.2 Å². The van der Waals surface area contributed by atoms with Crippen molar-refractivity contribution in [2.24, 2.45) is 5.41 Å². The van der Waals surface area contributed by atoms with Crippen LogP contribution in [0.4, 0.5) is 4.79 Å². The molecule has 0 atom stereocenters. The number of carbonyl (C=O) groups excluding carboxylic acids is 2. The minimum Gasteiger partial charge on any atom is -0.575 e. The van der Waals surface area contributed by atoms with E-state index in [0.717, 1.165) is 11.1 Å². The van der Waals surface area contributed by atoms with Crippen LogP contribution in [0.2, 0.25) is 0 Å². The summed E-state index contributed by atoms with van der Waals surface area (Å²) in [5.74, 6) is -2.59. The van der Waals surface area contributed by atoms with Crippen molar-refractivity contribution in [1.82, 2.24) is 4.90 Å². The monoisotopic (exact) mass is 473 g/mol. The first-order chi connectivity index (χ1) is 15.8. The summed E-state index contributed by atoms with van der Waals surface area (Å²) >= 11 is 0. The van der Waals surface area contributed by atoms with Crippen molar-refractivity contribution >= 4 is 12.1 Å². The van der Waals surface area contributed by atoms with Gasteiger partial charge in [-0.1, -0.05) is 60.7 Å². The molecule has 2 aliphatic rings. The quantitative estimate of drug-likeness (QED) is 0.465. The molecule has 0 aromatic heterocycles. The number of nitrogens with zero attached hydrogens (tertiary/aromatic N) is 1. The van der Waals surface area contributed by atoms with Crippen LogP contribution in [0.1, 0.15) is 37.8 Å². The fraction of sp³-hybridized carbons (Fsp3) is 0.385. The predicted molar refractivity (Wildman–Crippen MR) is 118 cm³/mol. The minimum atomic E-state index is -1.30. The first kappa shape index (κ1) is 26.1. The summed E-state index contributed by atoms with van der Waals surface area (Å²) in [6, 6.07) is 19.2. The minimum absolute atomic E-state index is 0. The van der Waals surface area contributed by atoms with Gasteiger partial charge in [0.2, 0.25) is 0 Å². The third-order valence-corrected chi connectivity index (χ3v) is 6.18. The van der Waals surface area contributed by atoms with Crippen LogP contribution in [0.25, 0.3) is 0 Å². The molecule has 2 aromatic rings. The molecule has 34 heavy (non-hydrogen) atoms. The van der Waals surface area contributed by atoms with E-state index in [0.29, 0.717) is 32.4 Å². The van der Waals surface area contributed by atoms with E-state index in [-0.39, 0.29) is 41.7 Å². The van der Waals surface area contributed by atoms with E-state index in [4.69, 9.17) is 14.2 Å². The van der Waals surface area contributed by atoms with Gasteiger partial charge in [0, 0.05) is 18.5 Å². The predicted octanol–water partition coefficient (Wildman–Crippen LogP) is 0.534. The maximum absolute atomic E-state index is 12.9. The SMILES string of the molecule is CC1(C)OC(=O)C(C2(Cc3ccccc3)CCN(C(=O)OCc3ccccc3)CC2)=C([O-])O1.[Na+]. The third-order valence-electron chi connectivity index (χ3n) is 6.18. The molecule has 2 aromatic carbocycles. The second-order valence-corrected chi connectivity index (χ2v) is 9.02. The Bertz CT molecular complexity index is 1030. The number of amides is 1. The number of rotatable bonds is 5. The summed E-state index contributed by atoms with van der Waals surface area (Å²) in [4.78, 5) is 27.2. The Morgan fingerprint density at radius 3 is 2.09 bits per heavy atom. The zero-order valence-electron chi connectivity index (χ0n) is 19.9. The second kappa shape index (κ2) is 10.8. The maximum Gasteiger partial charge on any atom is 1.00 e. The first-order valence-electron chi connectivity index (χ1n) is 11.1. The summed E-state index contributed by atoms with van der Waals surface area (Å²) in [6.45, 7) is 3.97. The van der Waals surface area contributed by atoms with E-state index in [9.17, 15) is 14.7 Å². The van der Waals surface area contributed by atoms with Gasteiger partial charge in [-0.2, -0.15) is 0 Å². The Labute approximate surface area is 222 Å². The number of benzene rings is 2. The smallest absolute Gasteiger partial charge is 0.575 e. The Kier molecular flexibility index (Phi) is 8.34. The van der Waals surface area contributed by atoms with Crippen molar-refractivity contribution in [1.29, 1.82) is 0 Å². The van der Waals surface area contributed by atoms with Gasteiger partial charge in [0.1, 0.15) is 6.61 Å². The largest absolute Gasteiger partial charge is 1.00 e. The summed E-state index contributed by atoms with van der Waals surface area (Å²) in [7, 11) is 0. The van der Waals surface area contributed by atoms with Gasteiger partial charge in [-0.25, -0.2) is 9.59 Å². The van der Waals surface area contributed by atoms with Crippen molar-refractivity contribution < 1.29 is 58.5 Å². The molecule has 2 aliphatic heterocycles. The van der Waals surface area contributed by atoms with Crippen molar-refractivity contribution in [3.05, 3.63) is 83.3 Å². The molecule has 0 spiro atoms. The van der Waals surface area contributed by atoms with Gasteiger partial charge in [0.25, 0.3) is 0 Å².